The Balaban J connectivity index is 3.49. The lowest BCUT2D eigenvalue weighted by atomic mass is 10.1. The van der Waals surface area contributed by atoms with Crippen LogP contribution < -0.4 is 10.6 Å². The van der Waals surface area contributed by atoms with Crippen molar-refractivity contribution in [3.8, 4) is 0 Å². The molecule has 0 saturated carbocycles. The molecule has 0 aromatic carbocycles. The van der Waals surface area contributed by atoms with Gasteiger partial charge in [0.25, 0.3) is 0 Å². The molecule has 0 spiro atoms. The predicted molar refractivity (Wildman–Crippen MR) is 68.6 cm³/mol. The minimum absolute atomic E-state index is 0.0515. The fourth-order valence-electron chi connectivity index (χ4n) is 1.62. The van der Waals surface area contributed by atoms with Crippen molar-refractivity contribution in [1.82, 2.24) is 15.5 Å². The highest BCUT2D eigenvalue weighted by Gasteiger charge is 2.05. The van der Waals surface area contributed by atoms with Crippen LogP contribution in [0.3, 0.4) is 0 Å². The van der Waals surface area contributed by atoms with Crippen LogP contribution in [0, 0.1) is 0 Å². The molecule has 1 unspecified atom stereocenters. The molecule has 0 bridgehead atoms. The molecule has 4 nitrogen and oxygen atoms in total. The summed E-state index contributed by atoms with van der Waals surface area (Å²) in [6.45, 7) is 10.3. The third-order valence-electron chi connectivity index (χ3n) is 2.90. The van der Waals surface area contributed by atoms with Crippen molar-refractivity contribution in [1.29, 1.82) is 0 Å². The topological polar surface area (TPSA) is 44.4 Å². The second-order valence-corrected chi connectivity index (χ2v) is 4.12. The molecule has 1 amide bonds. The van der Waals surface area contributed by atoms with E-state index in [0.29, 0.717) is 12.6 Å². The Morgan fingerprint density at radius 2 is 1.94 bits per heavy atom. The van der Waals surface area contributed by atoms with Crippen molar-refractivity contribution in [3.63, 3.8) is 0 Å². The van der Waals surface area contributed by atoms with Gasteiger partial charge in [-0.05, 0) is 39.4 Å². The Kier molecular flexibility index (Phi) is 9.24. The maximum atomic E-state index is 11.0. The first kappa shape index (κ1) is 15.4. The van der Waals surface area contributed by atoms with Crippen molar-refractivity contribution in [3.05, 3.63) is 0 Å². The maximum absolute atomic E-state index is 11.0. The van der Waals surface area contributed by atoms with Crippen molar-refractivity contribution < 1.29 is 4.79 Å². The lowest BCUT2D eigenvalue weighted by Gasteiger charge is -2.19. The number of carbonyl (C=O) groups excluding carboxylic acids is 1. The molecule has 96 valence electrons. The van der Waals surface area contributed by atoms with Gasteiger partial charge >= 0.3 is 0 Å². The zero-order chi connectivity index (χ0) is 12.4. The highest BCUT2D eigenvalue weighted by atomic mass is 16.1. The Labute approximate surface area is 99.8 Å². The van der Waals surface area contributed by atoms with Crippen molar-refractivity contribution in [2.45, 2.75) is 39.7 Å². The molecular formula is C12H27N3O. The van der Waals surface area contributed by atoms with E-state index in [1.807, 2.05) is 0 Å². The smallest absolute Gasteiger partial charge is 0.233 e. The van der Waals surface area contributed by atoms with E-state index in [0.717, 1.165) is 26.1 Å². The minimum atomic E-state index is 0.0515. The second-order valence-electron chi connectivity index (χ2n) is 4.12. The van der Waals surface area contributed by atoms with E-state index < -0.39 is 0 Å². The predicted octanol–water partition coefficient (Wildman–Crippen LogP) is 0.833. The number of hydrogen-bond donors (Lipinski definition) is 2. The minimum Gasteiger partial charge on any atom is -0.358 e. The number of carbonyl (C=O) groups is 1. The van der Waals surface area contributed by atoms with E-state index in [2.05, 4.69) is 36.3 Å². The highest BCUT2D eigenvalue weighted by Crippen LogP contribution is 1.99. The highest BCUT2D eigenvalue weighted by molar-refractivity contribution is 5.77. The molecule has 0 radical (unpaired) electrons. The molecule has 1 atom stereocenters. The van der Waals surface area contributed by atoms with Crippen molar-refractivity contribution >= 4 is 5.91 Å². The molecule has 0 heterocycles. The van der Waals surface area contributed by atoms with E-state index in [9.17, 15) is 4.79 Å². The van der Waals surface area contributed by atoms with E-state index in [4.69, 9.17) is 0 Å². The first-order valence-corrected chi connectivity index (χ1v) is 6.30. The van der Waals surface area contributed by atoms with Crippen LogP contribution in [0.2, 0.25) is 0 Å². The Hall–Kier alpha value is -0.610. The third-order valence-corrected chi connectivity index (χ3v) is 2.90. The molecule has 16 heavy (non-hydrogen) atoms. The van der Waals surface area contributed by atoms with Crippen LogP contribution in [-0.2, 0) is 4.79 Å². The van der Waals surface area contributed by atoms with Gasteiger partial charge in [-0.25, -0.2) is 0 Å². The SMILES string of the molecule is CCN(CC)CCCC(C)NCC(=O)NC. The average molecular weight is 229 g/mol. The van der Waals surface area contributed by atoms with Gasteiger partial charge in [-0.2, -0.15) is 0 Å². The lowest BCUT2D eigenvalue weighted by Crippen LogP contribution is -2.37. The summed E-state index contributed by atoms with van der Waals surface area (Å²) >= 11 is 0. The van der Waals surface area contributed by atoms with Gasteiger partial charge in [0.2, 0.25) is 5.91 Å². The van der Waals surface area contributed by atoms with Gasteiger partial charge in [0.05, 0.1) is 6.54 Å². The normalized spacial score (nSPS) is 12.8. The maximum Gasteiger partial charge on any atom is 0.233 e. The van der Waals surface area contributed by atoms with Gasteiger partial charge in [-0.3, -0.25) is 4.79 Å². The van der Waals surface area contributed by atoms with Gasteiger partial charge < -0.3 is 15.5 Å². The molecule has 0 aromatic heterocycles. The number of amides is 1. The Bertz CT molecular complexity index is 181. The molecule has 0 aliphatic heterocycles. The quantitative estimate of drug-likeness (QED) is 0.615. The molecule has 0 fully saturated rings. The number of nitrogens with one attached hydrogen (secondary N) is 2. The molecule has 0 aliphatic carbocycles. The van der Waals surface area contributed by atoms with Crippen LogP contribution in [0.25, 0.3) is 0 Å². The molecular weight excluding hydrogens is 202 g/mol. The monoisotopic (exact) mass is 229 g/mol. The van der Waals surface area contributed by atoms with Gasteiger partial charge in [0.1, 0.15) is 0 Å². The molecule has 0 saturated heterocycles. The zero-order valence-corrected chi connectivity index (χ0v) is 11.2. The van der Waals surface area contributed by atoms with Crippen LogP contribution in [0.5, 0.6) is 0 Å². The van der Waals surface area contributed by atoms with Gasteiger partial charge in [0, 0.05) is 13.1 Å². The summed E-state index contributed by atoms with van der Waals surface area (Å²) in [5.74, 6) is 0.0515. The fraction of sp³-hybridized carbons (Fsp3) is 0.917. The van der Waals surface area contributed by atoms with E-state index >= 15 is 0 Å². The third kappa shape index (κ3) is 7.65. The van der Waals surface area contributed by atoms with Crippen LogP contribution >= 0.6 is 0 Å². The van der Waals surface area contributed by atoms with Crippen molar-refractivity contribution in [2.75, 3.05) is 33.2 Å². The van der Waals surface area contributed by atoms with Gasteiger partial charge in [0.15, 0.2) is 0 Å². The molecule has 2 N–H and O–H groups in total. The van der Waals surface area contributed by atoms with Crippen LogP contribution in [0.4, 0.5) is 0 Å². The number of nitrogens with zero attached hydrogens (tertiary/aromatic N) is 1. The zero-order valence-electron chi connectivity index (χ0n) is 11.2. The van der Waals surface area contributed by atoms with E-state index in [1.165, 1.54) is 6.42 Å². The summed E-state index contributed by atoms with van der Waals surface area (Å²) in [6, 6.07) is 0.410. The molecule has 0 aromatic rings. The number of hydrogen-bond acceptors (Lipinski definition) is 3. The molecule has 0 rings (SSSR count). The largest absolute Gasteiger partial charge is 0.358 e. The van der Waals surface area contributed by atoms with E-state index in [-0.39, 0.29) is 5.91 Å². The van der Waals surface area contributed by atoms with Crippen molar-refractivity contribution in [2.24, 2.45) is 0 Å². The molecule has 0 aliphatic rings. The second kappa shape index (κ2) is 9.60. The number of likely N-dealkylation sites (N-methyl/N-ethyl adjacent to an activating group) is 1. The first-order chi connectivity index (χ1) is 7.63. The van der Waals surface area contributed by atoms with Crippen LogP contribution in [-0.4, -0.2) is 50.1 Å². The number of rotatable bonds is 9. The lowest BCUT2D eigenvalue weighted by molar-refractivity contribution is -0.119. The summed E-state index contributed by atoms with van der Waals surface area (Å²) in [5.41, 5.74) is 0. The Morgan fingerprint density at radius 1 is 1.31 bits per heavy atom. The average Bonchev–Trinajstić information content (AvgIpc) is 2.31. The summed E-state index contributed by atoms with van der Waals surface area (Å²) in [4.78, 5) is 13.4. The summed E-state index contributed by atoms with van der Waals surface area (Å²) in [7, 11) is 1.66. The Morgan fingerprint density at radius 3 is 2.44 bits per heavy atom. The van der Waals surface area contributed by atoms with Crippen LogP contribution in [0.1, 0.15) is 33.6 Å². The summed E-state index contributed by atoms with van der Waals surface area (Å²) in [5, 5.41) is 5.82. The summed E-state index contributed by atoms with van der Waals surface area (Å²) < 4.78 is 0. The first-order valence-electron chi connectivity index (χ1n) is 6.30. The van der Waals surface area contributed by atoms with Gasteiger partial charge in [-0.1, -0.05) is 13.8 Å². The fourth-order valence-corrected chi connectivity index (χ4v) is 1.62. The van der Waals surface area contributed by atoms with Crippen LogP contribution in [0.15, 0.2) is 0 Å². The standard InChI is InChI=1S/C12H27N3O/c1-5-15(6-2)9-7-8-11(3)14-10-12(16)13-4/h11,14H,5-10H2,1-4H3,(H,13,16). The van der Waals surface area contributed by atoms with Gasteiger partial charge in [-0.15, -0.1) is 0 Å². The van der Waals surface area contributed by atoms with E-state index in [1.54, 1.807) is 7.05 Å². The molecule has 4 heteroatoms. The summed E-state index contributed by atoms with van der Waals surface area (Å²) in [6.07, 6.45) is 2.30.